The van der Waals surface area contributed by atoms with Crippen LogP contribution in [0.2, 0.25) is 0 Å². The van der Waals surface area contributed by atoms with Gasteiger partial charge >= 0.3 is 0 Å². The minimum absolute atomic E-state index is 1.10. The lowest BCUT2D eigenvalue weighted by Crippen LogP contribution is -2.09. The molecule has 0 saturated heterocycles. The van der Waals surface area contributed by atoms with Crippen LogP contribution in [0.3, 0.4) is 0 Å². The van der Waals surface area contributed by atoms with E-state index in [0.29, 0.717) is 0 Å². The van der Waals surface area contributed by atoms with Crippen molar-refractivity contribution in [2.45, 2.75) is 0 Å². The van der Waals surface area contributed by atoms with Gasteiger partial charge in [-0.05, 0) is 99.6 Å². The first-order valence-electron chi connectivity index (χ1n) is 19.2. The summed E-state index contributed by atoms with van der Waals surface area (Å²) in [5.74, 6) is 0. The van der Waals surface area contributed by atoms with Crippen molar-refractivity contribution in [3.8, 4) is 50.2 Å². The molecular weight excluding hydrogens is 677 g/mol. The molecule has 0 aliphatic carbocycles. The molecule has 2 nitrogen and oxygen atoms in total. The van der Waals surface area contributed by atoms with Gasteiger partial charge in [-0.2, -0.15) is 0 Å². The minimum atomic E-state index is 1.10. The maximum absolute atomic E-state index is 2.45. The van der Waals surface area contributed by atoms with E-state index in [2.05, 4.69) is 240 Å². The van der Waals surface area contributed by atoms with E-state index >= 15 is 0 Å². The molecule has 0 radical (unpaired) electrons. The molecule has 56 heavy (non-hydrogen) atoms. The molecule has 0 amide bonds. The van der Waals surface area contributed by atoms with E-state index in [1.165, 1.54) is 60.8 Å². The second-order valence-electron chi connectivity index (χ2n) is 14.1. The highest BCUT2D eigenvalue weighted by molar-refractivity contribution is 6.16. The van der Waals surface area contributed by atoms with Crippen molar-refractivity contribution in [1.82, 2.24) is 4.57 Å². The summed E-state index contributed by atoms with van der Waals surface area (Å²) in [6.45, 7) is 0. The van der Waals surface area contributed by atoms with E-state index in [1.807, 2.05) is 0 Å². The van der Waals surface area contributed by atoms with Gasteiger partial charge in [-0.3, -0.25) is 0 Å². The lowest BCUT2D eigenvalue weighted by molar-refractivity contribution is 1.18. The Morgan fingerprint density at radius 2 is 0.750 bits per heavy atom. The quantitative estimate of drug-likeness (QED) is 0.152. The average Bonchev–Trinajstić information content (AvgIpc) is 3.62. The maximum Gasteiger partial charge on any atom is 0.0547 e. The van der Waals surface area contributed by atoms with Crippen molar-refractivity contribution in [3.63, 3.8) is 0 Å². The van der Waals surface area contributed by atoms with E-state index in [9.17, 15) is 0 Å². The Hall–Kier alpha value is -7.42. The standard InChI is InChI=1S/C54H38N2/c1-4-16-39(17-5-1)41-30-34-46(35-31-41)55(45-22-8-3-9-23-45)47-36-32-42(33-37-47)48-24-10-12-27-51(48)56-52-28-13-11-25-50(52)54-49(26-15-29-53(54)56)44-21-14-20-43(38-44)40-18-6-2-7-19-40/h1-38H. The van der Waals surface area contributed by atoms with Crippen LogP contribution in [-0.4, -0.2) is 4.57 Å². The number of rotatable bonds is 8. The molecule has 0 aliphatic rings. The highest BCUT2D eigenvalue weighted by Crippen LogP contribution is 2.42. The first-order chi connectivity index (χ1) is 27.8. The van der Waals surface area contributed by atoms with Crippen LogP contribution in [0, 0.1) is 0 Å². The predicted octanol–water partition coefficient (Wildman–Crippen LogP) is 14.9. The highest BCUT2D eigenvalue weighted by atomic mass is 15.1. The Kier molecular flexibility index (Phi) is 8.55. The third-order valence-corrected chi connectivity index (χ3v) is 10.8. The summed E-state index contributed by atoms with van der Waals surface area (Å²) in [4.78, 5) is 2.33. The monoisotopic (exact) mass is 714 g/mol. The van der Waals surface area contributed by atoms with Gasteiger partial charge in [0, 0.05) is 33.4 Å². The van der Waals surface area contributed by atoms with Crippen LogP contribution in [0.4, 0.5) is 17.1 Å². The summed E-state index contributed by atoms with van der Waals surface area (Å²) in [6, 6.07) is 82.9. The number of benzene rings is 9. The van der Waals surface area contributed by atoms with Crippen LogP contribution in [0.25, 0.3) is 72.0 Å². The van der Waals surface area contributed by atoms with Crippen molar-refractivity contribution in [1.29, 1.82) is 0 Å². The summed E-state index contributed by atoms with van der Waals surface area (Å²) in [7, 11) is 0. The normalized spacial score (nSPS) is 11.2. The number of hydrogen-bond donors (Lipinski definition) is 0. The van der Waals surface area contributed by atoms with Crippen LogP contribution < -0.4 is 4.90 Å². The molecule has 10 aromatic rings. The van der Waals surface area contributed by atoms with Crippen LogP contribution in [0.5, 0.6) is 0 Å². The fraction of sp³-hybridized carbons (Fsp3) is 0. The first kappa shape index (κ1) is 33.2. The second-order valence-corrected chi connectivity index (χ2v) is 14.1. The van der Waals surface area contributed by atoms with Gasteiger partial charge in [0.25, 0.3) is 0 Å². The third kappa shape index (κ3) is 6.04. The van der Waals surface area contributed by atoms with Crippen molar-refractivity contribution in [2.24, 2.45) is 0 Å². The number of nitrogens with zero attached hydrogens (tertiary/aromatic N) is 2. The fourth-order valence-electron chi connectivity index (χ4n) is 8.18. The summed E-state index contributed by atoms with van der Waals surface area (Å²) in [5.41, 5.74) is 16.5. The van der Waals surface area contributed by atoms with E-state index in [0.717, 1.165) is 28.3 Å². The maximum atomic E-state index is 2.45. The fourth-order valence-corrected chi connectivity index (χ4v) is 8.18. The number of hydrogen-bond acceptors (Lipinski definition) is 1. The number of anilines is 3. The molecule has 264 valence electrons. The Balaban J connectivity index is 1.07. The van der Waals surface area contributed by atoms with Crippen LogP contribution in [0.1, 0.15) is 0 Å². The second kappa shape index (κ2) is 14.4. The molecule has 9 aromatic carbocycles. The molecule has 0 atom stereocenters. The summed E-state index contributed by atoms with van der Waals surface area (Å²) >= 11 is 0. The number of para-hydroxylation sites is 3. The summed E-state index contributed by atoms with van der Waals surface area (Å²) < 4.78 is 2.45. The van der Waals surface area contributed by atoms with Crippen molar-refractivity contribution < 1.29 is 0 Å². The smallest absolute Gasteiger partial charge is 0.0547 e. The van der Waals surface area contributed by atoms with Gasteiger partial charge < -0.3 is 9.47 Å². The van der Waals surface area contributed by atoms with E-state index in [4.69, 9.17) is 0 Å². The van der Waals surface area contributed by atoms with Crippen molar-refractivity contribution in [3.05, 3.63) is 231 Å². The molecule has 0 spiro atoms. The van der Waals surface area contributed by atoms with Crippen LogP contribution in [0.15, 0.2) is 231 Å². The zero-order chi connectivity index (χ0) is 37.3. The van der Waals surface area contributed by atoms with Gasteiger partial charge in [-0.25, -0.2) is 0 Å². The highest BCUT2D eigenvalue weighted by Gasteiger charge is 2.19. The van der Waals surface area contributed by atoms with Crippen LogP contribution in [-0.2, 0) is 0 Å². The summed E-state index contributed by atoms with van der Waals surface area (Å²) in [6.07, 6.45) is 0. The predicted molar refractivity (Wildman–Crippen MR) is 237 cm³/mol. The van der Waals surface area contributed by atoms with E-state index in [-0.39, 0.29) is 0 Å². The zero-order valence-electron chi connectivity index (χ0n) is 30.8. The molecule has 1 aromatic heterocycles. The van der Waals surface area contributed by atoms with Gasteiger partial charge in [0.1, 0.15) is 0 Å². The molecule has 0 saturated carbocycles. The largest absolute Gasteiger partial charge is 0.311 e. The Bertz CT molecular complexity index is 2930. The van der Waals surface area contributed by atoms with Gasteiger partial charge in [-0.15, -0.1) is 0 Å². The third-order valence-electron chi connectivity index (χ3n) is 10.8. The van der Waals surface area contributed by atoms with Crippen molar-refractivity contribution >= 4 is 38.9 Å². The molecular formula is C54H38N2. The molecule has 0 unspecified atom stereocenters. The van der Waals surface area contributed by atoms with E-state index < -0.39 is 0 Å². The Labute approximate surface area is 327 Å². The Morgan fingerprint density at radius 3 is 1.46 bits per heavy atom. The Morgan fingerprint density at radius 1 is 0.286 bits per heavy atom. The molecule has 1 heterocycles. The number of aromatic nitrogens is 1. The molecule has 2 heteroatoms. The molecule has 0 fully saturated rings. The zero-order valence-corrected chi connectivity index (χ0v) is 30.8. The first-order valence-corrected chi connectivity index (χ1v) is 19.2. The summed E-state index contributed by atoms with van der Waals surface area (Å²) in [5, 5.41) is 2.50. The topological polar surface area (TPSA) is 8.17 Å². The SMILES string of the molecule is c1ccc(-c2ccc(N(c3ccccc3)c3ccc(-c4ccccc4-n4c5ccccc5c5c(-c6cccc(-c7ccccc7)c6)cccc54)cc3)cc2)cc1. The van der Waals surface area contributed by atoms with Gasteiger partial charge in [-0.1, -0.05) is 170 Å². The molecule has 0 aliphatic heterocycles. The number of fused-ring (bicyclic) bond motifs is 3. The van der Waals surface area contributed by atoms with Gasteiger partial charge in [0.05, 0.1) is 16.7 Å². The van der Waals surface area contributed by atoms with Crippen molar-refractivity contribution in [2.75, 3.05) is 4.90 Å². The lowest BCUT2D eigenvalue weighted by Gasteiger charge is -2.26. The lowest BCUT2D eigenvalue weighted by atomic mass is 9.96. The average molecular weight is 715 g/mol. The van der Waals surface area contributed by atoms with E-state index in [1.54, 1.807) is 0 Å². The van der Waals surface area contributed by atoms with Gasteiger partial charge in [0.2, 0.25) is 0 Å². The molecule has 10 rings (SSSR count). The van der Waals surface area contributed by atoms with Gasteiger partial charge in [0.15, 0.2) is 0 Å². The molecule has 0 N–H and O–H groups in total. The minimum Gasteiger partial charge on any atom is -0.311 e. The molecule has 0 bridgehead atoms. The van der Waals surface area contributed by atoms with Crippen LogP contribution >= 0.6 is 0 Å².